The minimum Gasteiger partial charge on any atom is -0.376 e. The van der Waals surface area contributed by atoms with Crippen LogP contribution >= 0.6 is 0 Å². The zero-order valence-electron chi connectivity index (χ0n) is 12.5. The number of nitrogens with zero attached hydrogens (tertiary/aromatic N) is 2. The number of anilines is 1. The van der Waals surface area contributed by atoms with Gasteiger partial charge in [0.15, 0.2) is 0 Å². The number of aromatic nitrogens is 2. The lowest BCUT2D eigenvalue weighted by molar-refractivity contribution is -0.118. The minimum absolute atomic E-state index is 0.0991. The summed E-state index contributed by atoms with van der Waals surface area (Å²) in [4.78, 5) is 10.9. The molecule has 0 saturated heterocycles. The molecule has 3 N–H and O–H groups in total. The van der Waals surface area contributed by atoms with E-state index in [2.05, 4.69) is 36.4 Å². The molecule has 1 unspecified atom stereocenters. The van der Waals surface area contributed by atoms with Gasteiger partial charge in [0.05, 0.1) is 17.9 Å². The Labute approximate surface area is 125 Å². The Balaban J connectivity index is 2.11. The molecule has 21 heavy (non-hydrogen) atoms. The van der Waals surface area contributed by atoms with Gasteiger partial charge in [0, 0.05) is 6.20 Å². The molecular weight excluding hydrogens is 264 g/mol. The lowest BCUT2D eigenvalue weighted by Crippen LogP contribution is -2.18. The molecule has 5 heteroatoms. The highest BCUT2D eigenvalue weighted by Gasteiger charge is 2.14. The molecule has 1 amide bonds. The number of rotatable bonds is 7. The zero-order valence-corrected chi connectivity index (χ0v) is 12.5. The van der Waals surface area contributed by atoms with E-state index in [9.17, 15) is 4.79 Å². The number of hydrogen-bond donors (Lipinski definition) is 2. The van der Waals surface area contributed by atoms with E-state index >= 15 is 0 Å². The molecule has 2 aromatic rings. The SMILES string of the molecule is CC(C)CC(Nc1cnn(CC(N)=O)c1)c1ccccc1. The Morgan fingerprint density at radius 1 is 1.33 bits per heavy atom. The molecule has 1 heterocycles. The van der Waals surface area contributed by atoms with E-state index in [1.807, 2.05) is 18.2 Å². The fourth-order valence-electron chi connectivity index (χ4n) is 2.32. The summed E-state index contributed by atoms with van der Waals surface area (Å²) in [6.45, 7) is 4.50. The van der Waals surface area contributed by atoms with E-state index < -0.39 is 5.91 Å². The molecule has 1 aromatic heterocycles. The summed E-state index contributed by atoms with van der Waals surface area (Å²) < 4.78 is 1.54. The summed E-state index contributed by atoms with van der Waals surface area (Å²) in [7, 11) is 0. The first kappa shape index (κ1) is 15.1. The number of nitrogens with one attached hydrogen (secondary N) is 1. The van der Waals surface area contributed by atoms with Crippen LogP contribution in [-0.4, -0.2) is 15.7 Å². The van der Waals surface area contributed by atoms with Gasteiger partial charge < -0.3 is 11.1 Å². The third-order valence-electron chi connectivity index (χ3n) is 3.20. The second-order valence-corrected chi connectivity index (χ2v) is 5.63. The lowest BCUT2D eigenvalue weighted by atomic mass is 9.97. The molecule has 0 saturated carbocycles. The average Bonchev–Trinajstić information content (AvgIpc) is 2.85. The first-order valence-electron chi connectivity index (χ1n) is 7.17. The van der Waals surface area contributed by atoms with Gasteiger partial charge in [0.2, 0.25) is 5.91 Å². The Bertz CT molecular complexity index is 577. The summed E-state index contributed by atoms with van der Waals surface area (Å²) in [6, 6.07) is 10.6. The van der Waals surface area contributed by atoms with Crippen LogP contribution in [-0.2, 0) is 11.3 Å². The van der Waals surface area contributed by atoms with Crippen molar-refractivity contribution in [1.29, 1.82) is 0 Å². The third kappa shape index (κ3) is 4.63. The van der Waals surface area contributed by atoms with E-state index in [0.717, 1.165) is 12.1 Å². The third-order valence-corrected chi connectivity index (χ3v) is 3.20. The fourth-order valence-corrected chi connectivity index (χ4v) is 2.32. The van der Waals surface area contributed by atoms with Gasteiger partial charge in [-0.3, -0.25) is 9.48 Å². The van der Waals surface area contributed by atoms with Crippen LogP contribution in [0.3, 0.4) is 0 Å². The summed E-state index contributed by atoms with van der Waals surface area (Å²) in [5.74, 6) is 0.176. The molecule has 0 aliphatic rings. The maximum atomic E-state index is 10.9. The number of nitrogens with two attached hydrogens (primary N) is 1. The molecular formula is C16H22N4O. The summed E-state index contributed by atoms with van der Waals surface area (Å²) in [5.41, 5.74) is 7.31. The maximum absolute atomic E-state index is 10.9. The van der Waals surface area contributed by atoms with Gasteiger partial charge in [-0.25, -0.2) is 0 Å². The molecule has 2 rings (SSSR count). The van der Waals surface area contributed by atoms with Crippen molar-refractivity contribution < 1.29 is 4.79 Å². The largest absolute Gasteiger partial charge is 0.376 e. The Hall–Kier alpha value is -2.30. The smallest absolute Gasteiger partial charge is 0.239 e. The van der Waals surface area contributed by atoms with Gasteiger partial charge in [-0.15, -0.1) is 0 Å². The van der Waals surface area contributed by atoms with Crippen LogP contribution in [0, 0.1) is 5.92 Å². The van der Waals surface area contributed by atoms with Crippen molar-refractivity contribution in [1.82, 2.24) is 9.78 Å². The van der Waals surface area contributed by atoms with Crippen molar-refractivity contribution in [3.63, 3.8) is 0 Å². The number of hydrogen-bond acceptors (Lipinski definition) is 3. The Morgan fingerprint density at radius 3 is 2.67 bits per heavy atom. The molecule has 0 aliphatic heterocycles. The van der Waals surface area contributed by atoms with Gasteiger partial charge in [-0.1, -0.05) is 44.2 Å². The van der Waals surface area contributed by atoms with Gasteiger partial charge in [0.25, 0.3) is 0 Å². The number of carbonyl (C=O) groups is 1. The lowest BCUT2D eigenvalue weighted by Gasteiger charge is -2.21. The van der Waals surface area contributed by atoms with Crippen LogP contribution in [0.2, 0.25) is 0 Å². The van der Waals surface area contributed by atoms with Crippen molar-refractivity contribution in [2.75, 3.05) is 5.32 Å². The van der Waals surface area contributed by atoms with Crippen molar-refractivity contribution in [3.05, 3.63) is 48.3 Å². The maximum Gasteiger partial charge on any atom is 0.239 e. The van der Waals surface area contributed by atoms with Crippen molar-refractivity contribution in [2.24, 2.45) is 11.7 Å². The van der Waals surface area contributed by atoms with Crippen LogP contribution in [0.25, 0.3) is 0 Å². The van der Waals surface area contributed by atoms with Crippen molar-refractivity contribution in [2.45, 2.75) is 32.9 Å². The molecule has 1 atom stereocenters. The topological polar surface area (TPSA) is 72.9 Å². The van der Waals surface area contributed by atoms with Crippen LogP contribution < -0.4 is 11.1 Å². The van der Waals surface area contributed by atoms with Crippen molar-refractivity contribution in [3.8, 4) is 0 Å². The first-order valence-corrected chi connectivity index (χ1v) is 7.17. The van der Waals surface area contributed by atoms with Crippen LogP contribution in [0.1, 0.15) is 31.9 Å². The van der Waals surface area contributed by atoms with E-state index in [1.54, 1.807) is 17.1 Å². The van der Waals surface area contributed by atoms with Gasteiger partial charge in [-0.2, -0.15) is 5.10 Å². The fraction of sp³-hybridized carbons (Fsp3) is 0.375. The molecule has 0 bridgehead atoms. The molecule has 5 nitrogen and oxygen atoms in total. The molecule has 0 fully saturated rings. The highest BCUT2D eigenvalue weighted by molar-refractivity contribution is 5.73. The van der Waals surface area contributed by atoms with E-state index in [0.29, 0.717) is 5.92 Å². The minimum atomic E-state index is -0.397. The van der Waals surface area contributed by atoms with Crippen LogP contribution in [0.4, 0.5) is 5.69 Å². The Kier molecular flexibility index (Phi) is 4.98. The van der Waals surface area contributed by atoms with Gasteiger partial charge in [-0.05, 0) is 17.9 Å². The predicted molar refractivity (Wildman–Crippen MR) is 83.7 cm³/mol. The zero-order chi connectivity index (χ0) is 15.2. The monoisotopic (exact) mass is 286 g/mol. The van der Waals surface area contributed by atoms with Gasteiger partial charge >= 0.3 is 0 Å². The Morgan fingerprint density at radius 2 is 2.05 bits per heavy atom. The van der Waals surface area contributed by atoms with Crippen LogP contribution in [0.5, 0.6) is 0 Å². The van der Waals surface area contributed by atoms with E-state index in [-0.39, 0.29) is 12.6 Å². The predicted octanol–water partition coefficient (Wildman–Crippen LogP) is 2.57. The molecule has 0 radical (unpaired) electrons. The van der Waals surface area contributed by atoms with Gasteiger partial charge in [0.1, 0.15) is 6.54 Å². The van der Waals surface area contributed by atoms with E-state index in [4.69, 9.17) is 5.73 Å². The standard InChI is InChI=1S/C16H22N4O/c1-12(2)8-15(13-6-4-3-5-7-13)19-14-9-18-20(10-14)11-16(17)21/h3-7,9-10,12,15,19H,8,11H2,1-2H3,(H2,17,21). The second-order valence-electron chi connectivity index (χ2n) is 5.63. The molecule has 0 aliphatic carbocycles. The van der Waals surface area contributed by atoms with Crippen LogP contribution in [0.15, 0.2) is 42.7 Å². The second kappa shape index (κ2) is 6.92. The number of carbonyl (C=O) groups excluding carboxylic acids is 1. The number of benzene rings is 1. The first-order chi connectivity index (χ1) is 10.0. The summed E-state index contributed by atoms with van der Waals surface area (Å²) in [6.07, 6.45) is 4.55. The number of primary amides is 1. The molecule has 1 aromatic carbocycles. The number of amides is 1. The van der Waals surface area contributed by atoms with Crippen molar-refractivity contribution >= 4 is 11.6 Å². The quantitative estimate of drug-likeness (QED) is 0.821. The highest BCUT2D eigenvalue weighted by Crippen LogP contribution is 2.25. The average molecular weight is 286 g/mol. The highest BCUT2D eigenvalue weighted by atomic mass is 16.1. The summed E-state index contributed by atoms with van der Waals surface area (Å²) in [5, 5.41) is 7.62. The summed E-state index contributed by atoms with van der Waals surface area (Å²) >= 11 is 0. The molecule has 112 valence electrons. The molecule has 0 spiro atoms. The normalized spacial score (nSPS) is 12.3. The van der Waals surface area contributed by atoms with E-state index in [1.165, 1.54) is 5.56 Å².